The van der Waals surface area contributed by atoms with E-state index in [2.05, 4.69) is 21.2 Å². The first-order valence-corrected chi connectivity index (χ1v) is 7.26. The van der Waals surface area contributed by atoms with Crippen molar-refractivity contribution in [2.45, 2.75) is 13.0 Å². The van der Waals surface area contributed by atoms with Gasteiger partial charge in [-0.05, 0) is 52.7 Å². The summed E-state index contributed by atoms with van der Waals surface area (Å²) >= 11 is 9.47. The highest BCUT2D eigenvalue weighted by atomic mass is 79.9. The monoisotopic (exact) mass is 352 g/mol. The van der Waals surface area contributed by atoms with Crippen LogP contribution in [0.5, 0.6) is 0 Å². The van der Waals surface area contributed by atoms with Crippen LogP contribution in [-0.4, -0.2) is 5.91 Å². The van der Waals surface area contributed by atoms with Crippen LogP contribution in [0.2, 0.25) is 5.02 Å². The minimum atomic E-state index is -0.198. The van der Waals surface area contributed by atoms with Crippen LogP contribution in [0, 0.1) is 0 Å². The number of halogens is 2. The number of nitrogen functional groups attached to an aromatic ring is 1. The maximum absolute atomic E-state index is 12.3. The first-order valence-electron chi connectivity index (χ1n) is 6.09. The van der Waals surface area contributed by atoms with Gasteiger partial charge in [0.15, 0.2) is 0 Å². The lowest BCUT2D eigenvalue weighted by Crippen LogP contribution is -2.27. The molecule has 0 bridgehead atoms. The predicted molar refractivity (Wildman–Crippen MR) is 85.9 cm³/mol. The predicted octanol–water partition coefficient (Wildman–Crippen LogP) is 4.18. The number of hydrogen-bond acceptors (Lipinski definition) is 2. The van der Waals surface area contributed by atoms with Gasteiger partial charge in [-0.15, -0.1) is 0 Å². The van der Waals surface area contributed by atoms with Crippen molar-refractivity contribution in [1.82, 2.24) is 5.32 Å². The molecule has 2 rings (SSSR count). The molecule has 0 aliphatic heterocycles. The molecule has 0 fully saturated rings. The lowest BCUT2D eigenvalue weighted by molar-refractivity contribution is 0.0939. The van der Waals surface area contributed by atoms with Gasteiger partial charge in [-0.3, -0.25) is 4.79 Å². The molecule has 5 heteroatoms. The summed E-state index contributed by atoms with van der Waals surface area (Å²) in [5.74, 6) is -0.198. The first-order chi connectivity index (χ1) is 9.49. The zero-order valence-corrected chi connectivity index (χ0v) is 13.2. The number of nitrogens with two attached hydrogens (primary N) is 1. The van der Waals surface area contributed by atoms with Crippen molar-refractivity contribution in [3.8, 4) is 0 Å². The van der Waals surface area contributed by atoms with Gasteiger partial charge in [0.25, 0.3) is 5.91 Å². The zero-order valence-electron chi connectivity index (χ0n) is 10.9. The van der Waals surface area contributed by atoms with Gasteiger partial charge in [-0.25, -0.2) is 0 Å². The Morgan fingerprint density at radius 3 is 2.70 bits per heavy atom. The van der Waals surface area contributed by atoms with Crippen molar-refractivity contribution in [1.29, 1.82) is 0 Å². The fraction of sp³-hybridized carbons (Fsp3) is 0.133. The summed E-state index contributed by atoms with van der Waals surface area (Å²) in [4.78, 5) is 12.3. The number of anilines is 1. The van der Waals surface area contributed by atoms with E-state index in [-0.39, 0.29) is 11.9 Å². The van der Waals surface area contributed by atoms with E-state index in [4.69, 9.17) is 17.3 Å². The van der Waals surface area contributed by atoms with Gasteiger partial charge >= 0.3 is 0 Å². The van der Waals surface area contributed by atoms with Gasteiger partial charge in [0, 0.05) is 15.2 Å². The number of carbonyl (C=O) groups excluding carboxylic acids is 1. The fourth-order valence-corrected chi connectivity index (χ4v) is 2.62. The maximum Gasteiger partial charge on any atom is 0.252 e. The molecule has 104 valence electrons. The summed E-state index contributed by atoms with van der Waals surface area (Å²) < 4.78 is 0.704. The van der Waals surface area contributed by atoms with E-state index in [1.54, 1.807) is 24.3 Å². The molecule has 1 unspecified atom stereocenters. The van der Waals surface area contributed by atoms with Gasteiger partial charge in [0.05, 0.1) is 11.6 Å². The molecular formula is C15H14BrClN2O. The average Bonchev–Trinajstić information content (AvgIpc) is 2.41. The third-order valence-corrected chi connectivity index (χ3v) is 3.99. The lowest BCUT2D eigenvalue weighted by atomic mass is 10.1. The second-order valence-electron chi connectivity index (χ2n) is 4.46. The molecule has 0 aliphatic carbocycles. The standard InChI is InChI=1S/C15H14BrClN2O/c1-9(11-4-2-3-5-14(11)17)19-15(20)12-8-10(18)6-7-13(12)16/h2-9H,18H2,1H3,(H,19,20). The summed E-state index contributed by atoms with van der Waals surface area (Å²) in [6.45, 7) is 1.89. The first kappa shape index (κ1) is 14.9. The Labute approximate surface area is 131 Å². The smallest absolute Gasteiger partial charge is 0.252 e. The van der Waals surface area contributed by atoms with E-state index in [1.165, 1.54) is 0 Å². The summed E-state index contributed by atoms with van der Waals surface area (Å²) in [5.41, 5.74) is 7.64. The van der Waals surface area contributed by atoms with Crippen LogP contribution in [0.25, 0.3) is 0 Å². The molecular weight excluding hydrogens is 340 g/mol. The summed E-state index contributed by atoms with van der Waals surface area (Å²) in [6, 6.07) is 12.4. The average molecular weight is 354 g/mol. The van der Waals surface area contributed by atoms with Gasteiger partial charge in [0.2, 0.25) is 0 Å². The molecule has 0 aromatic heterocycles. The van der Waals surface area contributed by atoms with E-state index < -0.39 is 0 Å². The zero-order chi connectivity index (χ0) is 14.7. The third-order valence-electron chi connectivity index (χ3n) is 2.95. The van der Waals surface area contributed by atoms with Crippen LogP contribution in [0.4, 0.5) is 5.69 Å². The highest BCUT2D eigenvalue weighted by molar-refractivity contribution is 9.10. The van der Waals surface area contributed by atoms with Crippen molar-refractivity contribution in [2.24, 2.45) is 0 Å². The molecule has 2 aromatic carbocycles. The molecule has 0 aliphatic rings. The van der Waals surface area contributed by atoms with E-state index in [1.807, 2.05) is 25.1 Å². The number of amides is 1. The Bertz CT molecular complexity index is 646. The van der Waals surface area contributed by atoms with Crippen LogP contribution in [-0.2, 0) is 0 Å². The molecule has 0 saturated carbocycles. The van der Waals surface area contributed by atoms with Gasteiger partial charge < -0.3 is 11.1 Å². The molecule has 0 radical (unpaired) electrons. The summed E-state index contributed by atoms with van der Waals surface area (Å²) in [6.07, 6.45) is 0. The SMILES string of the molecule is CC(NC(=O)c1cc(N)ccc1Br)c1ccccc1Cl. The van der Waals surface area contributed by atoms with E-state index >= 15 is 0 Å². The molecule has 0 spiro atoms. The summed E-state index contributed by atoms with van der Waals surface area (Å²) in [7, 11) is 0. The Morgan fingerprint density at radius 2 is 2.00 bits per heavy atom. The number of hydrogen-bond donors (Lipinski definition) is 2. The van der Waals surface area contributed by atoms with Crippen LogP contribution < -0.4 is 11.1 Å². The topological polar surface area (TPSA) is 55.1 Å². The van der Waals surface area contributed by atoms with Crippen LogP contribution in [0.1, 0.15) is 28.9 Å². The fourth-order valence-electron chi connectivity index (χ4n) is 1.90. The molecule has 1 amide bonds. The van der Waals surface area contributed by atoms with E-state index in [0.717, 1.165) is 5.56 Å². The minimum absolute atomic E-state index is 0.190. The van der Waals surface area contributed by atoms with Crippen LogP contribution in [0.15, 0.2) is 46.9 Å². The maximum atomic E-state index is 12.3. The Kier molecular flexibility index (Phi) is 4.68. The van der Waals surface area contributed by atoms with Crippen LogP contribution >= 0.6 is 27.5 Å². The second kappa shape index (κ2) is 6.29. The van der Waals surface area contributed by atoms with Crippen molar-refractivity contribution in [3.05, 3.63) is 63.1 Å². The number of benzene rings is 2. The molecule has 0 saturated heterocycles. The van der Waals surface area contributed by atoms with Crippen molar-refractivity contribution >= 4 is 39.1 Å². The Balaban J connectivity index is 2.20. The van der Waals surface area contributed by atoms with Crippen molar-refractivity contribution in [3.63, 3.8) is 0 Å². The van der Waals surface area contributed by atoms with Gasteiger partial charge in [-0.1, -0.05) is 29.8 Å². The largest absolute Gasteiger partial charge is 0.399 e. The highest BCUT2D eigenvalue weighted by Gasteiger charge is 2.15. The molecule has 20 heavy (non-hydrogen) atoms. The highest BCUT2D eigenvalue weighted by Crippen LogP contribution is 2.24. The Morgan fingerprint density at radius 1 is 1.30 bits per heavy atom. The van der Waals surface area contributed by atoms with E-state index in [9.17, 15) is 4.79 Å². The second-order valence-corrected chi connectivity index (χ2v) is 5.72. The molecule has 3 nitrogen and oxygen atoms in total. The van der Waals surface area contributed by atoms with Gasteiger partial charge in [-0.2, -0.15) is 0 Å². The van der Waals surface area contributed by atoms with Crippen molar-refractivity contribution in [2.75, 3.05) is 5.73 Å². The number of rotatable bonds is 3. The number of nitrogens with one attached hydrogen (secondary N) is 1. The molecule has 2 aromatic rings. The molecule has 1 atom stereocenters. The van der Waals surface area contributed by atoms with E-state index in [0.29, 0.717) is 20.7 Å². The quantitative estimate of drug-likeness (QED) is 0.813. The number of carbonyl (C=O) groups is 1. The lowest BCUT2D eigenvalue weighted by Gasteiger charge is -2.16. The molecule has 0 heterocycles. The van der Waals surface area contributed by atoms with Crippen LogP contribution in [0.3, 0.4) is 0 Å². The van der Waals surface area contributed by atoms with Gasteiger partial charge in [0.1, 0.15) is 0 Å². The Hall–Kier alpha value is -1.52. The third kappa shape index (κ3) is 3.32. The summed E-state index contributed by atoms with van der Waals surface area (Å²) in [5, 5.41) is 3.54. The normalized spacial score (nSPS) is 11.9. The van der Waals surface area contributed by atoms with Crippen molar-refractivity contribution < 1.29 is 4.79 Å². The molecule has 3 N–H and O–H groups in total. The minimum Gasteiger partial charge on any atom is -0.399 e.